The van der Waals surface area contributed by atoms with Crippen molar-refractivity contribution in [1.29, 1.82) is 0 Å². The lowest BCUT2D eigenvalue weighted by Gasteiger charge is -2.05. The highest BCUT2D eigenvalue weighted by atomic mass is 16.1. The fraction of sp³-hybridized carbons (Fsp3) is 0.500. The van der Waals surface area contributed by atoms with E-state index in [1.54, 1.807) is 0 Å². The minimum Gasteiger partial charge on any atom is -0.330 e. The molecule has 0 fully saturated rings. The maximum absolute atomic E-state index is 11.4. The van der Waals surface area contributed by atoms with Crippen LogP contribution in [0.4, 0.5) is 5.69 Å². The van der Waals surface area contributed by atoms with Crippen molar-refractivity contribution in [2.45, 2.75) is 78.1 Å². The highest BCUT2D eigenvalue weighted by molar-refractivity contribution is 5.99. The molecule has 0 unspecified atom stereocenters. The second kappa shape index (κ2) is 15.4. The van der Waals surface area contributed by atoms with Crippen LogP contribution < -0.4 is 11.1 Å². The number of carbonyl (C=O) groups excluding carboxylic acids is 1. The van der Waals surface area contributed by atoms with Gasteiger partial charge in [0.25, 0.3) is 0 Å². The van der Waals surface area contributed by atoms with Crippen molar-refractivity contribution in [3.8, 4) is 0 Å². The number of amides is 1. The van der Waals surface area contributed by atoms with E-state index in [2.05, 4.69) is 67.7 Å². The van der Waals surface area contributed by atoms with Crippen molar-refractivity contribution in [2.24, 2.45) is 10.7 Å². The van der Waals surface area contributed by atoms with Crippen LogP contribution in [0.2, 0.25) is 0 Å². The van der Waals surface area contributed by atoms with Gasteiger partial charge in [-0.2, -0.15) is 0 Å². The molecule has 174 valence electrons. The van der Waals surface area contributed by atoms with E-state index in [-0.39, 0.29) is 5.91 Å². The predicted molar refractivity (Wildman–Crippen MR) is 138 cm³/mol. The van der Waals surface area contributed by atoms with E-state index in [1.807, 2.05) is 0 Å². The van der Waals surface area contributed by atoms with E-state index >= 15 is 0 Å². The SMILES string of the molecule is CC(Cc1ccccc1)=NCCCCCCCCc1ccc2c(c1)CC(=O)N2.CCCN. The zero-order valence-corrected chi connectivity index (χ0v) is 20.0. The standard InChI is InChI=1S/C25H32N2O.C3H9N/c1-20(17-21-11-8-6-9-12-21)26-16-10-5-3-2-4-7-13-22-14-15-24-23(18-22)19-25(28)27-24;1-2-3-4/h6,8-9,11-12,14-15,18H,2-5,7,10,13,16-17,19H2,1H3,(H,27,28);2-4H2,1H3. The number of aryl methyl sites for hydroxylation is 1. The Bertz CT molecular complexity index is 828. The van der Waals surface area contributed by atoms with Gasteiger partial charge in [-0.1, -0.05) is 75.1 Å². The van der Waals surface area contributed by atoms with E-state index < -0.39 is 0 Å². The summed E-state index contributed by atoms with van der Waals surface area (Å²) in [4.78, 5) is 16.1. The third-order valence-electron chi connectivity index (χ3n) is 5.64. The van der Waals surface area contributed by atoms with Crippen LogP contribution in [-0.4, -0.2) is 24.7 Å². The molecule has 1 heterocycles. The van der Waals surface area contributed by atoms with Crippen LogP contribution in [0.25, 0.3) is 0 Å². The van der Waals surface area contributed by atoms with Crippen LogP contribution in [0, 0.1) is 0 Å². The van der Waals surface area contributed by atoms with Gasteiger partial charge in [0.2, 0.25) is 5.91 Å². The number of benzene rings is 2. The predicted octanol–water partition coefficient (Wildman–Crippen LogP) is 6.12. The van der Waals surface area contributed by atoms with Gasteiger partial charge in [-0.3, -0.25) is 9.79 Å². The number of fused-ring (bicyclic) bond motifs is 1. The molecular weight excluding hydrogens is 394 g/mol. The van der Waals surface area contributed by atoms with Gasteiger partial charge in [0.05, 0.1) is 6.42 Å². The fourth-order valence-corrected chi connectivity index (χ4v) is 3.80. The first kappa shape index (κ1) is 25.8. The zero-order chi connectivity index (χ0) is 23.0. The topological polar surface area (TPSA) is 67.5 Å². The van der Waals surface area contributed by atoms with E-state index in [0.29, 0.717) is 6.42 Å². The van der Waals surface area contributed by atoms with Crippen molar-refractivity contribution < 1.29 is 4.79 Å². The van der Waals surface area contributed by atoms with Gasteiger partial charge in [0.1, 0.15) is 0 Å². The van der Waals surface area contributed by atoms with Gasteiger partial charge in [0.15, 0.2) is 0 Å². The summed E-state index contributed by atoms with van der Waals surface area (Å²) >= 11 is 0. The summed E-state index contributed by atoms with van der Waals surface area (Å²) in [6.07, 6.45) is 11.3. The van der Waals surface area contributed by atoms with Crippen molar-refractivity contribution in [1.82, 2.24) is 0 Å². The molecule has 2 aromatic rings. The zero-order valence-electron chi connectivity index (χ0n) is 20.0. The lowest BCUT2D eigenvalue weighted by Crippen LogP contribution is -2.03. The van der Waals surface area contributed by atoms with Gasteiger partial charge in [-0.05, 0) is 61.9 Å². The number of nitrogens with one attached hydrogen (secondary N) is 1. The Labute approximate surface area is 194 Å². The second-order valence-corrected chi connectivity index (χ2v) is 8.66. The number of unbranched alkanes of at least 4 members (excludes halogenated alkanes) is 5. The minimum absolute atomic E-state index is 0.117. The molecule has 4 nitrogen and oxygen atoms in total. The lowest BCUT2D eigenvalue weighted by atomic mass is 10.0. The van der Waals surface area contributed by atoms with Gasteiger partial charge in [-0.15, -0.1) is 0 Å². The molecule has 2 aromatic carbocycles. The number of hydrogen-bond acceptors (Lipinski definition) is 3. The van der Waals surface area contributed by atoms with Crippen molar-refractivity contribution in [2.75, 3.05) is 18.4 Å². The number of nitrogens with two attached hydrogens (primary N) is 1. The molecule has 0 saturated heterocycles. The smallest absolute Gasteiger partial charge is 0.228 e. The highest BCUT2D eigenvalue weighted by Gasteiger charge is 2.17. The molecule has 0 spiro atoms. The van der Waals surface area contributed by atoms with E-state index in [4.69, 9.17) is 10.7 Å². The number of aliphatic imine (C=N–C) groups is 1. The molecular formula is C28H41N3O. The molecule has 1 aliphatic rings. The first-order chi connectivity index (χ1) is 15.6. The number of nitrogens with zero attached hydrogens (tertiary/aromatic N) is 1. The number of anilines is 1. The van der Waals surface area contributed by atoms with Crippen LogP contribution in [0.3, 0.4) is 0 Å². The number of hydrogen-bond donors (Lipinski definition) is 2. The van der Waals surface area contributed by atoms with E-state index in [0.717, 1.165) is 43.6 Å². The Balaban J connectivity index is 0.000000837. The van der Waals surface area contributed by atoms with Gasteiger partial charge < -0.3 is 11.1 Å². The Morgan fingerprint density at radius 3 is 2.38 bits per heavy atom. The van der Waals surface area contributed by atoms with Gasteiger partial charge in [-0.25, -0.2) is 0 Å². The molecule has 1 aliphatic heterocycles. The van der Waals surface area contributed by atoms with Gasteiger partial charge >= 0.3 is 0 Å². The molecule has 0 radical (unpaired) electrons. The average Bonchev–Trinajstić information content (AvgIpc) is 3.18. The molecule has 4 heteroatoms. The maximum atomic E-state index is 11.4. The molecule has 0 atom stereocenters. The first-order valence-electron chi connectivity index (χ1n) is 12.3. The largest absolute Gasteiger partial charge is 0.330 e. The van der Waals surface area contributed by atoms with Crippen LogP contribution >= 0.6 is 0 Å². The van der Waals surface area contributed by atoms with Crippen molar-refractivity contribution in [3.63, 3.8) is 0 Å². The molecule has 32 heavy (non-hydrogen) atoms. The molecule has 0 saturated carbocycles. The number of rotatable bonds is 12. The molecule has 3 N–H and O–H groups in total. The van der Waals surface area contributed by atoms with Crippen molar-refractivity contribution in [3.05, 3.63) is 65.2 Å². The normalized spacial score (nSPS) is 12.7. The Morgan fingerprint density at radius 2 is 1.66 bits per heavy atom. The van der Waals surface area contributed by atoms with Crippen LogP contribution in [0.15, 0.2) is 53.5 Å². The van der Waals surface area contributed by atoms with E-state index in [1.165, 1.54) is 55.4 Å². The van der Waals surface area contributed by atoms with Crippen molar-refractivity contribution >= 4 is 17.3 Å². The Morgan fingerprint density at radius 1 is 0.969 bits per heavy atom. The minimum atomic E-state index is 0.117. The summed E-state index contributed by atoms with van der Waals surface area (Å²) in [5.41, 5.74) is 11.1. The quantitative estimate of drug-likeness (QED) is 0.311. The van der Waals surface area contributed by atoms with Crippen LogP contribution in [-0.2, 0) is 24.1 Å². The highest BCUT2D eigenvalue weighted by Crippen LogP contribution is 2.24. The summed E-state index contributed by atoms with van der Waals surface area (Å²) in [6, 6.07) is 17.0. The maximum Gasteiger partial charge on any atom is 0.228 e. The second-order valence-electron chi connectivity index (χ2n) is 8.66. The average molecular weight is 436 g/mol. The molecule has 3 rings (SSSR count). The van der Waals surface area contributed by atoms with Gasteiger partial charge in [0, 0.05) is 24.4 Å². The first-order valence-corrected chi connectivity index (χ1v) is 12.3. The third-order valence-corrected chi connectivity index (χ3v) is 5.64. The summed E-state index contributed by atoms with van der Waals surface area (Å²) in [6.45, 7) is 5.97. The molecule has 0 aromatic heterocycles. The Kier molecular flexibility index (Phi) is 12.4. The summed E-state index contributed by atoms with van der Waals surface area (Å²) in [5.74, 6) is 0.117. The molecule has 0 aliphatic carbocycles. The van der Waals surface area contributed by atoms with Crippen LogP contribution in [0.5, 0.6) is 0 Å². The van der Waals surface area contributed by atoms with Crippen LogP contribution in [0.1, 0.15) is 75.5 Å². The molecule has 0 bridgehead atoms. The summed E-state index contributed by atoms with van der Waals surface area (Å²) in [5, 5.41) is 2.90. The summed E-state index contributed by atoms with van der Waals surface area (Å²) in [7, 11) is 0. The summed E-state index contributed by atoms with van der Waals surface area (Å²) < 4.78 is 0. The third kappa shape index (κ3) is 10.2. The Hall–Kier alpha value is -2.46. The number of carbonyl (C=O) groups is 1. The molecule has 1 amide bonds. The van der Waals surface area contributed by atoms with E-state index in [9.17, 15) is 4.79 Å². The monoisotopic (exact) mass is 435 g/mol. The fourth-order valence-electron chi connectivity index (χ4n) is 3.80. The lowest BCUT2D eigenvalue weighted by molar-refractivity contribution is -0.115.